The molecule has 24 heavy (non-hydrogen) atoms. The summed E-state index contributed by atoms with van der Waals surface area (Å²) in [5.41, 5.74) is -1.34. The molecule has 1 aromatic rings. The molecule has 4 nitrogen and oxygen atoms in total. The highest BCUT2D eigenvalue weighted by Gasteiger charge is 2.53. The van der Waals surface area contributed by atoms with E-state index in [2.05, 4.69) is 5.92 Å². The van der Waals surface area contributed by atoms with Crippen molar-refractivity contribution in [1.29, 1.82) is 0 Å². The molecule has 1 saturated heterocycles. The molecule has 0 unspecified atom stereocenters. The van der Waals surface area contributed by atoms with E-state index >= 15 is 4.39 Å². The summed E-state index contributed by atoms with van der Waals surface area (Å²) < 4.78 is 37.6. The molecule has 1 aliphatic rings. The number of aryl methyl sites for hydroxylation is 1. The molecule has 0 N–H and O–H groups in total. The van der Waals surface area contributed by atoms with Crippen LogP contribution in [0.5, 0.6) is 0 Å². The normalized spacial score (nSPS) is 20.0. The van der Waals surface area contributed by atoms with Crippen molar-refractivity contribution in [2.24, 2.45) is 0 Å². The van der Waals surface area contributed by atoms with Gasteiger partial charge in [0, 0.05) is 12.0 Å². The number of ether oxygens (including phenoxy) is 1. The molecule has 0 radical (unpaired) electrons. The van der Waals surface area contributed by atoms with E-state index in [1.807, 2.05) is 34.6 Å². The van der Waals surface area contributed by atoms with E-state index < -0.39 is 24.0 Å². The molecular weight excluding hydrogens is 310 g/mol. The first-order valence-corrected chi connectivity index (χ1v) is 8.00. The Labute approximate surface area is 143 Å². The van der Waals surface area contributed by atoms with E-state index in [1.165, 1.54) is 0 Å². The Morgan fingerprint density at radius 3 is 2.38 bits per heavy atom. The molecule has 0 aliphatic carbocycles. The second kappa shape index (κ2) is 7.14. The van der Waals surface area contributed by atoms with Crippen molar-refractivity contribution in [3.05, 3.63) is 29.4 Å². The number of halogens is 1. The van der Waals surface area contributed by atoms with Gasteiger partial charge in [-0.25, -0.2) is 4.39 Å². The topological polar surface area (TPSA) is 40.8 Å². The van der Waals surface area contributed by atoms with Crippen molar-refractivity contribution in [2.75, 3.05) is 13.2 Å². The summed E-state index contributed by atoms with van der Waals surface area (Å²) in [7, 11) is -1.07. The molecule has 1 fully saturated rings. The molecule has 0 saturated carbocycles. The zero-order chi connectivity index (χ0) is 18.0. The quantitative estimate of drug-likeness (QED) is 0.449. The first-order valence-electron chi connectivity index (χ1n) is 8.00. The van der Waals surface area contributed by atoms with Gasteiger partial charge in [-0.15, -0.1) is 6.42 Å². The minimum Gasteiger partial charge on any atom is -0.462 e. The average molecular weight is 334 g/mol. The first kappa shape index (κ1) is 18.8. The maximum Gasteiger partial charge on any atom is 0.525 e. The average Bonchev–Trinajstić information content (AvgIpc) is 3.00. The van der Waals surface area contributed by atoms with E-state index in [0.29, 0.717) is 23.5 Å². The number of furan rings is 1. The van der Waals surface area contributed by atoms with Crippen molar-refractivity contribution < 1.29 is 22.9 Å². The summed E-state index contributed by atoms with van der Waals surface area (Å²) in [4.78, 5) is 0. The first-order chi connectivity index (χ1) is 11.2. The minimum atomic E-state index is -1.07. The Kier molecular flexibility index (Phi) is 5.59. The summed E-state index contributed by atoms with van der Waals surface area (Å²) in [5, 5.41) is 0. The molecule has 2 rings (SSSR count). The fourth-order valence-corrected chi connectivity index (χ4v) is 2.35. The van der Waals surface area contributed by atoms with Gasteiger partial charge < -0.3 is 18.5 Å². The van der Waals surface area contributed by atoms with Crippen molar-refractivity contribution >= 4 is 12.7 Å². The highest BCUT2D eigenvalue weighted by atomic mass is 19.1. The Morgan fingerprint density at radius 1 is 1.25 bits per heavy atom. The van der Waals surface area contributed by atoms with Gasteiger partial charge in [-0.05, 0) is 46.8 Å². The lowest BCUT2D eigenvalue weighted by Crippen LogP contribution is -2.41. The minimum absolute atomic E-state index is 0.183. The van der Waals surface area contributed by atoms with Crippen LogP contribution in [0.2, 0.25) is 0 Å². The predicted molar refractivity (Wildman–Crippen MR) is 91.8 cm³/mol. The van der Waals surface area contributed by atoms with Gasteiger partial charge in [0.15, 0.2) is 0 Å². The number of hydrogen-bond acceptors (Lipinski definition) is 4. The number of rotatable bonds is 6. The third-order valence-electron chi connectivity index (χ3n) is 4.47. The van der Waals surface area contributed by atoms with Gasteiger partial charge >= 0.3 is 7.12 Å². The molecule has 0 bridgehead atoms. The largest absolute Gasteiger partial charge is 0.525 e. The molecule has 0 atom stereocenters. The Morgan fingerprint density at radius 2 is 1.88 bits per heavy atom. The van der Waals surface area contributed by atoms with Crippen LogP contribution >= 0.6 is 0 Å². The van der Waals surface area contributed by atoms with Crippen LogP contribution in [0.25, 0.3) is 5.57 Å². The molecular formula is C18H24BFO4. The van der Waals surface area contributed by atoms with Gasteiger partial charge in [-0.2, -0.15) is 0 Å². The van der Waals surface area contributed by atoms with Gasteiger partial charge in [-0.1, -0.05) is 5.92 Å². The smallest absolute Gasteiger partial charge is 0.462 e. The van der Waals surface area contributed by atoms with Crippen LogP contribution in [-0.4, -0.2) is 31.5 Å². The van der Waals surface area contributed by atoms with Crippen molar-refractivity contribution in [3.63, 3.8) is 0 Å². The fraction of sp³-hybridized carbons (Fsp3) is 0.556. The summed E-state index contributed by atoms with van der Waals surface area (Å²) >= 11 is 0. The monoisotopic (exact) mass is 334 g/mol. The molecule has 0 spiro atoms. The van der Waals surface area contributed by atoms with E-state index in [-0.39, 0.29) is 13.2 Å². The second-order valence-electron chi connectivity index (χ2n) is 6.83. The van der Waals surface area contributed by atoms with Crippen LogP contribution in [0.15, 0.2) is 22.3 Å². The molecule has 1 aromatic heterocycles. The van der Waals surface area contributed by atoms with Gasteiger partial charge in [0.2, 0.25) is 0 Å². The van der Waals surface area contributed by atoms with Crippen LogP contribution in [0.4, 0.5) is 4.39 Å². The molecule has 0 amide bonds. The molecule has 1 aliphatic heterocycles. The SMILES string of the molecule is C#CCOCCC(=C(F)B1OC(C)(C)C(C)(C)O1)c1ccc(C)o1. The summed E-state index contributed by atoms with van der Waals surface area (Å²) in [6.45, 7) is 9.80. The lowest BCUT2D eigenvalue weighted by molar-refractivity contribution is 0.00578. The maximum atomic E-state index is 15.1. The lowest BCUT2D eigenvalue weighted by Gasteiger charge is -2.32. The van der Waals surface area contributed by atoms with Gasteiger partial charge in [0.25, 0.3) is 0 Å². The van der Waals surface area contributed by atoms with Crippen LogP contribution in [0, 0.1) is 19.3 Å². The highest BCUT2D eigenvalue weighted by Crippen LogP contribution is 2.40. The summed E-state index contributed by atoms with van der Waals surface area (Å²) in [5.74, 6) is 3.54. The van der Waals surface area contributed by atoms with Crippen LogP contribution in [0.1, 0.15) is 45.6 Å². The van der Waals surface area contributed by atoms with Crippen LogP contribution in [0.3, 0.4) is 0 Å². The zero-order valence-corrected chi connectivity index (χ0v) is 14.9. The van der Waals surface area contributed by atoms with E-state index in [4.69, 9.17) is 24.9 Å². The second-order valence-corrected chi connectivity index (χ2v) is 6.83. The number of hydrogen-bond donors (Lipinski definition) is 0. The Balaban J connectivity index is 2.27. The standard InChI is InChI=1S/C18H24BFO4/c1-7-11-21-12-10-14(15-9-8-13(2)22-15)16(20)19-23-17(3,4)18(5,6)24-19/h1,8-9H,10-12H2,2-6H3. The summed E-state index contributed by atoms with van der Waals surface area (Å²) in [6, 6.07) is 3.52. The molecule has 0 aromatic carbocycles. The maximum absolute atomic E-state index is 15.1. The zero-order valence-electron chi connectivity index (χ0n) is 14.9. The van der Waals surface area contributed by atoms with Gasteiger partial charge in [-0.3, -0.25) is 0 Å². The van der Waals surface area contributed by atoms with Crippen molar-refractivity contribution in [1.82, 2.24) is 0 Å². The summed E-state index contributed by atoms with van der Waals surface area (Å²) in [6.07, 6.45) is 5.47. The van der Waals surface area contributed by atoms with Crippen molar-refractivity contribution in [3.8, 4) is 12.3 Å². The molecule has 130 valence electrons. The third kappa shape index (κ3) is 3.92. The Bertz CT molecular complexity index is 638. The molecule has 2 heterocycles. The fourth-order valence-electron chi connectivity index (χ4n) is 2.35. The number of terminal acetylenes is 1. The van der Waals surface area contributed by atoms with Gasteiger partial charge in [0.05, 0.1) is 17.8 Å². The Hall–Kier alpha value is -1.55. The third-order valence-corrected chi connectivity index (χ3v) is 4.47. The van der Waals surface area contributed by atoms with E-state index in [1.54, 1.807) is 12.1 Å². The molecule has 6 heteroatoms. The van der Waals surface area contributed by atoms with Crippen LogP contribution in [-0.2, 0) is 14.0 Å². The lowest BCUT2D eigenvalue weighted by atomic mass is 9.83. The van der Waals surface area contributed by atoms with Crippen LogP contribution < -0.4 is 0 Å². The highest BCUT2D eigenvalue weighted by molar-refractivity contribution is 6.55. The van der Waals surface area contributed by atoms with E-state index in [9.17, 15) is 0 Å². The van der Waals surface area contributed by atoms with Crippen molar-refractivity contribution in [2.45, 2.75) is 52.2 Å². The predicted octanol–water partition coefficient (Wildman–Crippen LogP) is 3.94. The van der Waals surface area contributed by atoms with E-state index in [0.717, 1.165) is 0 Å². The van der Waals surface area contributed by atoms with Gasteiger partial charge in [0.1, 0.15) is 23.9 Å².